The topological polar surface area (TPSA) is 58.6 Å². The molecule has 1 amide bonds. The molecule has 2 aromatic rings. The van der Waals surface area contributed by atoms with Crippen LogP contribution in [0, 0.1) is 12.7 Å². The fourth-order valence-corrected chi connectivity index (χ4v) is 3.32. The van der Waals surface area contributed by atoms with Crippen LogP contribution in [0.2, 0.25) is 0 Å². The van der Waals surface area contributed by atoms with Gasteiger partial charge in [0.05, 0.1) is 12.3 Å². The Hall–Kier alpha value is -2.05. The summed E-state index contributed by atoms with van der Waals surface area (Å²) in [6.45, 7) is 6.84. The smallest absolute Gasteiger partial charge is 0.412 e. The van der Waals surface area contributed by atoms with Crippen LogP contribution in [-0.4, -0.2) is 16.8 Å². The summed E-state index contributed by atoms with van der Waals surface area (Å²) in [5.41, 5.74) is 1.59. The highest BCUT2D eigenvalue weighted by Crippen LogP contribution is 2.31. The van der Waals surface area contributed by atoms with E-state index in [-0.39, 0.29) is 12.4 Å². The summed E-state index contributed by atoms with van der Waals surface area (Å²) in [5, 5.41) is 12.1. The zero-order valence-electron chi connectivity index (χ0n) is 15.4. The standard InChI is InChI=1S/C20H24FNO3S/c1-13-9-10-14(18(21)15(13)11-23)12-26-17-8-6-5-7-16(17)22-19(24)25-20(2,3)4/h5-10,23H,11-12H2,1-4H3,(H,22,24). The molecule has 0 saturated heterocycles. The van der Waals surface area contributed by atoms with Crippen LogP contribution in [0.25, 0.3) is 0 Å². The molecule has 0 aliphatic heterocycles. The molecular formula is C20H24FNO3S. The fourth-order valence-electron chi connectivity index (χ4n) is 2.34. The maximum Gasteiger partial charge on any atom is 0.412 e. The Kier molecular flexibility index (Phi) is 6.67. The summed E-state index contributed by atoms with van der Waals surface area (Å²) < 4.78 is 19.7. The Morgan fingerprint density at radius 3 is 2.58 bits per heavy atom. The highest BCUT2D eigenvalue weighted by Gasteiger charge is 2.17. The van der Waals surface area contributed by atoms with Crippen molar-refractivity contribution in [1.29, 1.82) is 0 Å². The summed E-state index contributed by atoms with van der Waals surface area (Å²) in [6, 6.07) is 10.8. The van der Waals surface area contributed by atoms with Crippen LogP contribution in [-0.2, 0) is 17.1 Å². The Morgan fingerprint density at radius 1 is 1.23 bits per heavy atom. The van der Waals surface area contributed by atoms with E-state index in [1.807, 2.05) is 18.2 Å². The number of amides is 1. The minimum Gasteiger partial charge on any atom is -0.444 e. The van der Waals surface area contributed by atoms with Gasteiger partial charge in [0.15, 0.2) is 0 Å². The third-order valence-electron chi connectivity index (χ3n) is 3.62. The number of para-hydroxylation sites is 1. The van der Waals surface area contributed by atoms with Gasteiger partial charge in [0.1, 0.15) is 11.4 Å². The molecule has 2 rings (SSSR count). The maximum absolute atomic E-state index is 14.5. The molecule has 0 saturated carbocycles. The molecule has 4 nitrogen and oxygen atoms in total. The number of thioether (sulfide) groups is 1. The van der Waals surface area contributed by atoms with Crippen molar-refractivity contribution < 1.29 is 19.0 Å². The summed E-state index contributed by atoms with van der Waals surface area (Å²) >= 11 is 1.41. The Bertz CT molecular complexity index is 787. The van der Waals surface area contributed by atoms with Crippen molar-refractivity contribution in [3.05, 3.63) is 58.9 Å². The SMILES string of the molecule is Cc1ccc(CSc2ccccc2NC(=O)OC(C)(C)C)c(F)c1CO. The molecule has 0 heterocycles. The molecule has 0 spiro atoms. The lowest BCUT2D eigenvalue weighted by Gasteiger charge is -2.20. The van der Waals surface area contributed by atoms with Gasteiger partial charge in [-0.25, -0.2) is 9.18 Å². The van der Waals surface area contributed by atoms with E-state index in [0.29, 0.717) is 22.6 Å². The van der Waals surface area contributed by atoms with Crippen molar-refractivity contribution in [1.82, 2.24) is 0 Å². The van der Waals surface area contributed by atoms with Gasteiger partial charge < -0.3 is 9.84 Å². The van der Waals surface area contributed by atoms with Crippen LogP contribution in [0.5, 0.6) is 0 Å². The van der Waals surface area contributed by atoms with E-state index in [1.54, 1.807) is 45.9 Å². The Morgan fingerprint density at radius 2 is 1.92 bits per heavy atom. The number of ether oxygens (including phenoxy) is 1. The first-order valence-corrected chi connectivity index (χ1v) is 9.29. The second-order valence-electron chi connectivity index (χ2n) is 6.90. The third kappa shape index (κ3) is 5.47. The minimum atomic E-state index is -0.585. The number of aryl methyl sites for hydroxylation is 1. The number of nitrogens with one attached hydrogen (secondary N) is 1. The Balaban J connectivity index is 2.13. The fraction of sp³-hybridized carbons (Fsp3) is 0.350. The molecule has 0 fully saturated rings. The van der Waals surface area contributed by atoms with Crippen molar-refractivity contribution in [2.45, 2.75) is 50.6 Å². The van der Waals surface area contributed by atoms with Gasteiger partial charge in [-0.2, -0.15) is 0 Å². The van der Waals surface area contributed by atoms with Crippen molar-refractivity contribution in [2.24, 2.45) is 0 Å². The van der Waals surface area contributed by atoms with Crippen LogP contribution >= 0.6 is 11.8 Å². The molecule has 0 aliphatic rings. The van der Waals surface area contributed by atoms with Gasteiger partial charge in [0, 0.05) is 16.2 Å². The van der Waals surface area contributed by atoms with Gasteiger partial charge in [-0.1, -0.05) is 24.3 Å². The number of hydrogen-bond acceptors (Lipinski definition) is 4. The zero-order chi connectivity index (χ0) is 19.3. The molecule has 2 N–H and O–H groups in total. The number of anilines is 1. The molecule has 0 atom stereocenters. The number of rotatable bonds is 5. The summed E-state index contributed by atoms with van der Waals surface area (Å²) in [7, 11) is 0. The predicted molar refractivity (Wildman–Crippen MR) is 103 cm³/mol. The minimum absolute atomic E-state index is 0.322. The van der Waals surface area contributed by atoms with Gasteiger partial charge in [0.25, 0.3) is 0 Å². The van der Waals surface area contributed by atoms with Crippen LogP contribution < -0.4 is 5.32 Å². The van der Waals surface area contributed by atoms with Gasteiger partial charge in [0.2, 0.25) is 0 Å². The number of aliphatic hydroxyl groups is 1. The maximum atomic E-state index is 14.5. The Labute approximate surface area is 157 Å². The number of hydrogen-bond donors (Lipinski definition) is 2. The molecule has 6 heteroatoms. The number of aliphatic hydroxyl groups excluding tert-OH is 1. The first-order chi connectivity index (χ1) is 12.2. The molecule has 0 radical (unpaired) electrons. The molecular weight excluding hydrogens is 353 g/mol. The molecule has 26 heavy (non-hydrogen) atoms. The first-order valence-electron chi connectivity index (χ1n) is 8.31. The van der Waals surface area contributed by atoms with Gasteiger partial charge in [-0.3, -0.25) is 5.32 Å². The number of halogens is 1. The van der Waals surface area contributed by atoms with Crippen molar-refractivity contribution in [2.75, 3.05) is 5.32 Å². The average molecular weight is 377 g/mol. The van der Waals surface area contributed by atoms with Crippen LogP contribution in [0.3, 0.4) is 0 Å². The van der Waals surface area contributed by atoms with E-state index in [1.165, 1.54) is 11.8 Å². The molecule has 0 aliphatic carbocycles. The average Bonchev–Trinajstić information content (AvgIpc) is 2.54. The van der Waals surface area contributed by atoms with Crippen molar-refractivity contribution >= 4 is 23.5 Å². The number of benzene rings is 2. The predicted octanol–water partition coefficient (Wildman–Crippen LogP) is 5.27. The van der Waals surface area contributed by atoms with Gasteiger partial charge in [-0.05, 0) is 51.0 Å². The molecule has 0 unspecified atom stereocenters. The first kappa shape index (κ1) is 20.3. The lowest BCUT2D eigenvalue weighted by molar-refractivity contribution is 0.0635. The molecule has 0 bridgehead atoms. The highest BCUT2D eigenvalue weighted by molar-refractivity contribution is 7.98. The van der Waals surface area contributed by atoms with Gasteiger partial charge in [-0.15, -0.1) is 11.8 Å². The lowest BCUT2D eigenvalue weighted by atomic mass is 10.1. The number of carbonyl (C=O) groups excluding carboxylic acids is 1. The quantitative estimate of drug-likeness (QED) is 0.697. The second-order valence-corrected chi connectivity index (χ2v) is 7.92. The number of carbonyl (C=O) groups is 1. The lowest BCUT2D eigenvalue weighted by Crippen LogP contribution is -2.27. The van der Waals surface area contributed by atoms with E-state index in [4.69, 9.17) is 4.74 Å². The van der Waals surface area contributed by atoms with Crippen molar-refractivity contribution in [3.63, 3.8) is 0 Å². The zero-order valence-corrected chi connectivity index (χ0v) is 16.2. The molecule has 140 valence electrons. The van der Waals surface area contributed by atoms with E-state index in [0.717, 1.165) is 10.5 Å². The van der Waals surface area contributed by atoms with Crippen LogP contribution in [0.4, 0.5) is 14.9 Å². The monoisotopic (exact) mass is 377 g/mol. The molecule has 2 aromatic carbocycles. The van der Waals surface area contributed by atoms with Gasteiger partial charge >= 0.3 is 6.09 Å². The van der Waals surface area contributed by atoms with E-state index < -0.39 is 11.7 Å². The largest absolute Gasteiger partial charge is 0.444 e. The van der Waals surface area contributed by atoms with Crippen LogP contribution in [0.15, 0.2) is 41.3 Å². The van der Waals surface area contributed by atoms with Crippen LogP contribution in [0.1, 0.15) is 37.5 Å². The summed E-state index contributed by atoms with van der Waals surface area (Å²) in [6.07, 6.45) is -0.533. The van der Waals surface area contributed by atoms with E-state index in [2.05, 4.69) is 5.32 Å². The highest BCUT2D eigenvalue weighted by atomic mass is 32.2. The van der Waals surface area contributed by atoms with Crippen molar-refractivity contribution in [3.8, 4) is 0 Å². The summed E-state index contributed by atoms with van der Waals surface area (Å²) in [4.78, 5) is 12.8. The molecule has 0 aromatic heterocycles. The normalized spacial score (nSPS) is 11.3. The second kappa shape index (κ2) is 8.56. The summed E-state index contributed by atoms with van der Waals surface area (Å²) in [5.74, 6) is 0.00384. The van der Waals surface area contributed by atoms with E-state index in [9.17, 15) is 14.3 Å². The third-order valence-corrected chi connectivity index (χ3v) is 4.74. The van der Waals surface area contributed by atoms with E-state index >= 15 is 0 Å².